The van der Waals surface area contributed by atoms with E-state index in [0.717, 1.165) is 6.07 Å². The summed E-state index contributed by atoms with van der Waals surface area (Å²) in [7, 11) is 1.32. The third kappa shape index (κ3) is 4.97. The number of amides is 2. The van der Waals surface area contributed by atoms with Crippen LogP contribution in [0.2, 0.25) is 0 Å². The Kier molecular flexibility index (Phi) is 6.87. The Labute approximate surface area is 219 Å². The highest BCUT2D eigenvalue weighted by molar-refractivity contribution is 5.98. The van der Waals surface area contributed by atoms with Crippen LogP contribution >= 0.6 is 0 Å². The molecule has 2 amide bonds. The lowest BCUT2D eigenvalue weighted by Gasteiger charge is -2.34. The van der Waals surface area contributed by atoms with Gasteiger partial charge in [0.15, 0.2) is 11.5 Å². The number of hydrogen-bond acceptors (Lipinski definition) is 9. The van der Waals surface area contributed by atoms with E-state index in [2.05, 4.69) is 19.9 Å². The van der Waals surface area contributed by atoms with Gasteiger partial charge in [-0.3, -0.25) is 14.6 Å². The summed E-state index contributed by atoms with van der Waals surface area (Å²) in [6.45, 7) is 0.906. The molecule has 0 bridgehead atoms. The number of carbonyl (C=O) groups excluding carboxylic acids is 2. The molecule has 0 spiro atoms. The standard InChI is InChI=1S/C25H22F3N7O4/c1-38-17-4-2-15(14-3-5-19(25(26,27)28)32-20(14)17)22-33-21(18(12-29)39-22)24(37)35-10-8-34(9-11-35)23(36)16-13-30-6-7-31-16/h2-7,13H,8-12,29H2,1H3. The van der Waals surface area contributed by atoms with Crippen molar-refractivity contribution in [3.05, 3.63) is 65.7 Å². The van der Waals surface area contributed by atoms with Crippen molar-refractivity contribution >= 4 is 22.7 Å². The molecule has 1 aliphatic rings. The molecular formula is C25H22F3N7O4. The van der Waals surface area contributed by atoms with Gasteiger partial charge in [0.2, 0.25) is 5.89 Å². The fraction of sp³-hybridized carbons (Fsp3) is 0.280. The van der Waals surface area contributed by atoms with E-state index in [1.807, 2.05) is 0 Å². The highest BCUT2D eigenvalue weighted by Crippen LogP contribution is 2.37. The number of methoxy groups -OCH3 is 1. The van der Waals surface area contributed by atoms with Crippen molar-refractivity contribution in [3.63, 3.8) is 0 Å². The fourth-order valence-electron chi connectivity index (χ4n) is 4.31. The highest BCUT2D eigenvalue weighted by atomic mass is 19.4. The first kappa shape index (κ1) is 26.0. The number of nitrogens with zero attached hydrogens (tertiary/aromatic N) is 6. The Balaban J connectivity index is 1.41. The largest absolute Gasteiger partial charge is 0.494 e. The number of aromatic nitrogens is 4. The molecule has 4 heterocycles. The number of oxazole rings is 1. The molecule has 11 nitrogen and oxygen atoms in total. The van der Waals surface area contributed by atoms with Gasteiger partial charge in [0.1, 0.15) is 22.7 Å². The lowest BCUT2D eigenvalue weighted by Crippen LogP contribution is -2.51. The van der Waals surface area contributed by atoms with Gasteiger partial charge < -0.3 is 24.7 Å². The van der Waals surface area contributed by atoms with Crippen LogP contribution in [0, 0.1) is 0 Å². The Bertz CT molecular complexity index is 1530. The number of benzene rings is 1. The number of nitrogens with two attached hydrogens (primary N) is 1. The van der Waals surface area contributed by atoms with Crippen LogP contribution in [0.25, 0.3) is 22.4 Å². The summed E-state index contributed by atoms with van der Waals surface area (Å²) in [5.41, 5.74) is 5.25. The van der Waals surface area contributed by atoms with Crippen LogP contribution in [0.3, 0.4) is 0 Å². The fourth-order valence-corrected chi connectivity index (χ4v) is 4.31. The summed E-state index contributed by atoms with van der Waals surface area (Å²) in [6.07, 6.45) is -0.360. The van der Waals surface area contributed by atoms with Gasteiger partial charge >= 0.3 is 6.18 Å². The Hall–Kier alpha value is -4.59. The van der Waals surface area contributed by atoms with E-state index in [0.29, 0.717) is 10.9 Å². The minimum atomic E-state index is -4.65. The van der Waals surface area contributed by atoms with Crippen molar-refractivity contribution in [1.82, 2.24) is 29.7 Å². The average molecular weight is 541 g/mol. The molecule has 0 radical (unpaired) electrons. The maximum Gasteiger partial charge on any atom is 0.433 e. The predicted octanol–water partition coefficient (Wildman–Crippen LogP) is 2.76. The molecule has 1 aliphatic heterocycles. The first-order valence-electron chi connectivity index (χ1n) is 11.8. The van der Waals surface area contributed by atoms with Gasteiger partial charge in [-0.25, -0.2) is 15.0 Å². The smallest absolute Gasteiger partial charge is 0.433 e. The van der Waals surface area contributed by atoms with Crippen molar-refractivity contribution < 1.29 is 31.9 Å². The van der Waals surface area contributed by atoms with Crippen molar-refractivity contribution in [2.45, 2.75) is 12.7 Å². The van der Waals surface area contributed by atoms with Gasteiger partial charge in [-0.2, -0.15) is 13.2 Å². The number of halogens is 3. The molecule has 1 saturated heterocycles. The van der Waals surface area contributed by atoms with E-state index in [4.69, 9.17) is 14.9 Å². The number of piperazine rings is 1. The van der Waals surface area contributed by atoms with E-state index in [-0.39, 0.29) is 72.9 Å². The molecule has 3 aromatic heterocycles. The number of fused-ring (bicyclic) bond motifs is 1. The third-order valence-electron chi connectivity index (χ3n) is 6.28. The number of carbonyl (C=O) groups is 2. The number of ether oxygens (including phenoxy) is 1. The number of rotatable bonds is 5. The van der Waals surface area contributed by atoms with Crippen molar-refractivity contribution in [2.75, 3.05) is 33.3 Å². The molecule has 14 heteroatoms. The second-order valence-electron chi connectivity index (χ2n) is 8.58. The minimum absolute atomic E-state index is 0.00415. The number of pyridine rings is 1. The Morgan fingerprint density at radius 2 is 1.74 bits per heavy atom. The van der Waals surface area contributed by atoms with Gasteiger partial charge in [-0.15, -0.1) is 0 Å². The van der Waals surface area contributed by atoms with Crippen LogP contribution in [-0.4, -0.2) is 74.8 Å². The summed E-state index contributed by atoms with van der Waals surface area (Å²) in [5.74, 6) is -0.459. The van der Waals surface area contributed by atoms with Gasteiger partial charge in [-0.05, 0) is 24.3 Å². The average Bonchev–Trinajstić information content (AvgIpc) is 3.40. The van der Waals surface area contributed by atoms with Crippen LogP contribution in [0.1, 0.15) is 32.4 Å². The zero-order chi connectivity index (χ0) is 27.7. The van der Waals surface area contributed by atoms with Crippen LogP contribution in [0.15, 0.2) is 47.3 Å². The van der Waals surface area contributed by atoms with Gasteiger partial charge in [0.05, 0.1) is 19.9 Å². The second-order valence-corrected chi connectivity index (χ2v) is 8.58. The Morgan fingerprint density at radius 3 is 2.36 bits per heavy atom. The Morgan fingerprint density at radius 1 is 1.03 bits per heavy atom. The maximum atomic E-state index is 13.4. The first-order chi connectivity index (χ1) is 18.7. The van der Waals surface area contributed by atoms with Crippen LogP contribution in [0.4, 0.5) is 13.2 Å². The van der Waals surface area contributed by atoms with E-state index in [1.165, 1.54) is 42.7 Å². The molecule has 0 saturated carbocycles. The predicted molar refractivity (Wildman–Crippen MR) is 131 cm³/mol. The molecular weight excluding hydrogens is 519 g/mol. The molecule has 5 rings (SSSR count). The minimum Gasteiger partial charge on any atom is -0.494 e. The molecule has 2 N–H and O–H groups in total. The molecule has 0 aliphatic carbocycles. The van der Waals surface area contributed by atoms with Crippen LogP contribution < -0.4 is 10.5 Å². The molecule has 0 atom stereocenters. The number of alkyl halides is 3. The first-order valence-corrected chi connectivity index (χ1v) is 11.8. The molecule has 1 aromatic carbocycles. The summed E-state index contributed by atoms with van der Waals surface area (Å²) in [4.78, 5) is 45.2. The second kappa shape index (κ2) is 10.3. The normalized spacial score (nSPS) is 14.1. The molecule has 39 heavy (non-hydrogen) atoms. The molecule has 4 aromatic rings. The van der Waals surface area contributed by atoms with Gasteiger partial charge in [0, 0.05) is 49.5 Å². The van der Waals surface area contributed by atoms with Crippen molar-refractivity contribution in [3.8, 4) is 17.2 Å². The zero-order valence-electron chi connectivity index (χ0n) is 20.6. The SMILES string of the molecule is COc1ccc(-c2nc(C(=O)N3CCN(C(=O)c4cnccn4)CC3)c(CN)o2)c2ccc(C(F)(F)F)nc12. The van der Waals surface area contributed by atoms with Crippen molar-refractivity contribution in [1.29, 1.82) is 0 Å². The summed E-state index contributed by atoms with van der Waals surface area (Å²) in [6, 6.07) is 5.12. The van der Waals surface area contributed by atoms with E-state index in [1.54, 1.807) is 11.0 Å². The lowest BCUT2D eigenvalue weighted by molar-refractivity contribution is -0.140. The lowest BCUT2D eigenvalue weighted by atomic mass is 10.1. The van der Waals surface area contributed by atoms with Crippen molar-refractivity contribution in [2.24, 2.45) is 5.73 Å². The maximum absolute atomic E-state index is 13.4. The summed E-state index contributed by atoms with van der Waals surface area (Å²) < 4.78 is 50.9. The zero-order valence-corrected chi connectivity index (χ0v) is 20.6. The van der Waals surface area contributed by atoms with E-state index in [9.17, 15) is 22.8 Å². The van der Waals surface area contributed by atoms with Gasteiger partial charge in [0.25, 0.3) is 11.8 Å². The third-order valence-corrected chi connectivity index (χ3v) is 6.28. The quantitative estimate of drug-likeness (QED) is 0.404. The molecule has 202 valence electrons. The summed E-state index contributed by atoms with van der Waals surface area (Å²) in [5, 5.41) is 0.294. The topological polar surface area (TPSA) is 141 Å². The van der Waals surface area contributed by atoms with Crippen LogP contribution in [0.5, 0.6) is 5.75 Å². The molecule has 0 unspecified atom stereocenters. The monoisotopic (exact) mass is 541 g/mol. The molecule has 1 fully saturated rings. The van der Waals surface area contributed by atoms with Gasteiger partial charge in [-0.1, -0.05) is 0 Å². The number of hydrogen-bond donors (Lipinski definition) is 1. The van der Waals surface area contributed by atoms with E-state index < -0.39 is 17.8 Å². The van der Waals surface area contributed by atoms with E-state index >= 15 is 0 Å². The van der Waals surface area contributed by atoms with Crippen LogP contribution in [-0.2, 0) is 12.7 Å². The summed E-state index contributed by atoms with van der Waals surface area (Å²) >= 11 is 0. The highest BCUT2D eigenvalue weighted by Gasteiger charge is 2.34.